The quantitative estimate of drug-likeness (QED) is 0.660. The first-order chi connectivity index (χ1) is 9.08. The number of nitro benzene ring substituents is 1. The topological polar surface area (TPSA) is 84.7 Å². The van der Waals surface area contributed by atoms with E-state index in [4.69, 9.17) is 16.3 Å². The summed E-state index contributed by atoms with van der Waals surface area (Å²) in [6, 6.07) is 3.90. The van der Waals surface area contributed by atoms with Crippen molar-refractivity contribution in [3.63, 3.8) is 0 Å². The summed E-state index contributed by atoms with van der Waals surface area (Å²) < 4.78 is 5.10. The highest BCUT2D eigenvalue weighted by Gasteiger charge is 2.20. The van der Waals surface area contributed by atoms with E-state index in [9.17, 15) is 14.9 Å². The molecule has 0 unspecified atom stereocenters. The summed E-state index contributed by atoms with van der Waals surface area (Å²) >= 11 is 5.68. The number of nitrogens with one attached hydrogen (secondary N) is 1. The van der Waals surface area contributed by atoms with Gasteiger partial charge in [-0.1, -0.05) is 11.6 Å². The Balaban J connectivity index is 2.08. The molecule has 8 heteroatoms. The largest absolute Gasteiger partial charge is 0.415 e. The van der Waals surface area contributed by atoms with Crippen LogP contribution in [-0.2, 0) is 0 Å². The highest BCUT2D eigenvalue weighted by Crippen LogP contribution is 2.28. The van der Waals surface area contributed by atoms with Gasteiger partial charge in [0.1, 0.15) is 10.8 Å². The number of piperazine rings is 1. The molecular weight excluding hydrogens is 274 g/mol. The van der Waals surface area contributed by atoms with Gasteiger partial charge in [-0.25, -0.2) is 4.79 Å². The van der Waals surface area contributed by atoms with Gasteiger partial charge in [-0.05, 0) is 12.1 Å². The first-order valence-corrected chi connectivity index (χ1v) is 6.07. The Morgan fingerprint density at radius 2 is 2.11 bits per heavy atom. The maximum absolute atomic E-state index is 11.8. The molecule has 1 aliphatic rings. The summed E-state index contributed by atoms with van der Waals surface area (Å²) in [5.74, 6) is 0.111. The van der Waals surface area contributed by atoms with E-state index < -0.39 is 11.0 Å². The number of rotatable bonds is 2. The van der Waals surface area contributed by atoms with Crippen LogP contribution < -0.4 is 10.1 Å². The summed E-state index contributed by atoms with van der Waals surface area (Å²) in [4.78, 5) is 23.4. The SMILES string of the molecule is O=C(Oc1ccc(Cl)c([N+](=O)[O-])c1)N1CCNCC1. The van der Waals surface area contributed by atoms with Gasteiger partial charge in [0.05, 0.1) is 11.0 Å². The molecule has 1 aromatic carbocycles. The average Bonchev–Trinajstić information content (AvgIpc) is 2.41. The van der Waals surface area contributed by atoms with Crippen molar-refractivity contribution in [2.24, 2.45) is 0 Å². The third-order valence-electron chi connectivity index (χ3n) is 2.69. The molecule has 1 aliphatic heterocycles. The van der Waals surface area contributed by atoms with E-state index in [1.54, 1.807) is 0 Å². The van der Waals surface area contributed by atoms with Crippen LogP contribution in [0.25, 0.3) is 0 Å². The molecule has 1 fully saturated rings. The normalized spacial score (nSPS) is 15.1. The molecule has 1 heterocycles. The van der Waals surface area contributed by atoms with Crippen LogP contribution in [-0.4, -0.2) is 42.1 Å². The molecule has 1 N–H and O–H groups in total. The Morgan fingerprint density at radius 1 is 1.42 bits per heavy atom. The number of hydrogen-bond donors (Lipinski definition) is 1. The second kappa shape index (κ2) is 5.85. The number of carbonyl (C=O) groups excluding carboxylic acids is 1. The van der Waals surface area contributed by atoms with Crippen LogP contribution in [0, 0.1) is 10.1 Å². The molecule has 7 nitrogen and oxygen atoms in total. The Kier molecular flexibility index (Phi) is 4.18. The molecule has 0 saturated carbocycles. The van der Waals surface area contributed by atoms with Crippen molar-refractivity contribution in [2.75, 3.05) is 26.2 Å². The van der Waals surface area contributed by atoms with E-state index in [-0.39, 0.29) is 16.5 Å². The van der Waals surface area contributed by atoms with E-state index in [0.717, 1.165) is 6.07 Å². The minimum atomic E-state index is -0.621. The standard InChI is InChI=1S/C11H12ClN3O4/c12-9-2-1-8(7-10(9)15(17)18)19-11(16)14-5-3-13-4-6-14/h1-2,7,13H,3-6H2. The van der Waals surface area contributed by atoms with E-state index in [0.29, 0.717) is 26.2 Å². The molecule has 1 amide bonds. The summed E-state index contributed by atoms with van der Waals surface area (Å²) in [6.07, 6.45) is -0.516. The summed E-state index contributed by atoms with van der Waals surface area (Å²) in [5.41, 5.74) is -0.285. The highest BCUT2D eigenvalue weighted by molar-refractivity contribution is 6.32. The second-order valence-electron chi connectivity index (χ2n) is 3.98. The van der Waals surface area contributed by atoms with Gasteiger partial charge in [-0.2, -0.15) is 0 Å². The number of halogens is 1. The molecule has 0 spiro atoms. The van der Waals surface area contributed by atoms with Crippen molar-refractivity contribution >= 4 is 23.4 Å². The maximum atomic E-state index is 11.8. The second-order valence-corrected chi connectivity index (χ2v) is 4.38. The highest BCUT2D eigenvalue weighted by atomic mass is 35.5. The van der Waals surface area contributed by atoms with Gasteiger partial charge in [0.15, 0.2) is 0 Å². The molecule has 1 aromatic rings. The van der Waals surface area contributed by atoms with Crippen LogP contribution in [0.5, 0.6) is 5.75 Å². The molecule has 102 valence electrons. The zero-order valence-corrected chi connectivity index (χ0v) is 10.7. The molecule has 0 bridgehead atoms. The maximum Gasteiger partial charge on any atom is 0.415 e. The summed E-state index contributed by atoms with van der Waals surface area (Å²) in [5, 5.41) is 13.8. The molecule has 1 saturated heterocycles. The number of nitro groups is 1. The van der Waals surface area contributed by atoms with Gasteiger partial charge in [0.25, 0.3) is 5.69 Å². The van der Waals surface area contributed by atoms with E-state index in [1.807, 2.05) is 0 Å². The zero-order chi connectivity index (χ0) is 13.8. The van der Waals surface area contributed by atoms with Crippen molar-refractivity contribution in [1.29, 1.82) is 0 Å². The van der Waals surface area contributed by atoms with Gasteiger partial charge in [0, 0.05) is 26.2 Å². The van der Waals surface area contributed by atoms with Crippen molar-refractivity contribution < 1.29 is 14.5 Å². The zero-order valence-electron chi connectivity index (χ0n) is 9.97. The first kappa shape index (κ1) is 13.6. The van der Waals surface area contributed by atoms with Gasteiger partial charge in [0.2, 0.25) is 0 Å². The van der Waals surface area contributed by atoms with E-state index in [1.165, 1.54) is 17.0 Å². The minimum absolute atomic E-state index is 0.00646. The Hall–Kier alpha value is -1.86. The van der Waals surface area contributed by atoms with Crippen LogP contribution in [0.15, 0.2) is 18.2 Å². The molecule has 0 atom stereocenters. The number of hydrogen-bond acceptors (Lipinski definition) is 5. The number of ether oxygens (including phenoxy) is 1. The predicted molar refractivity (Wildman–Crippen MR) is 68.6 cm³/mol. The lowest BCUT2D eigenvalue weighted by Gasteiger charge is -2.26. The Morgan fingerprint density at radius 3 is 2.74 bits per heavy atom. The summed E-state index contributed by atoms with van der Waals surface area (Å²) in [7, 11) is 0. The van der Waals surface area contributed by atoms with Crippen molar-refractivity contribution in [1.82, 2.24) is 10.2 Å². The fraction of sp³-hybridized carbons (Fsp3) is 0.364. The number of amides is 1. The molecule has 2 rings (SSSR count). The Bertz CT molecular complexity index is 503. The van der Waals surface area contributed by atoms with Gasteiger partial charge >= 0.3 is 6.09 Å². The summed E-state index contributed by atoms with van der Waals surface area (Å²) in [6.45, 7) is 2.51. The van der Waals surface area contributed by atoms with E-state index >= 15 is 0 Å². The van der Waals surface area contributed by atoms with Gasteiger partial charge in [-0.15, -0.1) is 0 Å². The number of carbonyl (C=O) groups is 1. The lowest BCUT2D eigenvalue weighted by atomic mass is 10.3. The number of nitrogens with zero attached hydrogens (tertiary/aromatic N) is 2. The molecule has 0 aliphatic carbocycles. The fourth-order valence-corrected chi connectivity index (χ4v) is 1.90. The Labute approximate surface area is 114 Å². The minimum Gasteiger partial charge on any atom is -0.410 e. The van der Waals surface area contributed by atoms with E-state index in [2.05, 4.69) is 5.32 Å². The smallest absolute Gasteiger partial charge is 0.410 e. The third kappa shape index (κ3) is 3.33. The van der Waals surface area contributed by atoms with Crippen LogP contribution in [0.1, 0.15) is 0 Å². The predicted octanol–water partition coefficient (Wildman–Crippen LogP) is 1.65. The first-order valence-electron chi connectivity index (χ1n) is 5.69. The fourth-order valence-electron chi connectivity index (χ4n) is 1.71. The average molecular weight is 286 g/mol. The molecule has 0 radical (unpaired) electrons. The lowest BCUT2D eigenvalue weighted by molar-refractivity contribution is -0.384. The molecule has 19 heavy (non-hydrogen) atoms. The third-order valence-corrected chi connectivity index (χ3v) is 3.01. The van der Waals surface area contributed by atoms with Crippen LogP contribution in [0.2, 0.25) is 5.02 Å². The lowest BCUT2D eigenvalue weighted by Crippen LogP contribution is -2.47. The molecule has 0 aromatic heterocycles. The van der Waals surface area contributed by atoms with Crippen LogP contribution >= 0.6 is 11.6 Å². The van der Waals surface area contributed by atoms with Crippen molar-refractivity contribution in [3.8, 4) is 5.75 Å². The van der Waals surface area contributed by atoms with Gasteiger partial charge in [-0.3, -0.25) is 10.1 Å². The number of benzene rings is 1. The van der Waals surface area contributed by atoms with Gasteiger partial charge < -0.3 is 15.0 Å². The molecular formula is C11H12ClN3O4. The monoisotopic (exact) mass is 285 g/mol. The van der Waals surface area contributed by atoms with Crippen LogP contribution in [0.3, 0.4) is 0 Å². The van der Waals surface area contributed by atoms with Crippen LogP contribution in [0.4, 0.5) is 10.5 Å². The van der Waals surface area contributed by atoms with Crippen molar-refractivity contribution in [2.45, 2.75) is 0 Å². The van der Waals surface area contributed by atoms with Crippen molar-refractivity contribution in [3.05, 3.63) is 33.3 Å².